The van der Waals surface area contributed by atoms with Gasteiger partial charge in [0.2, 0.25) is 0 Å². The van der Waals surface area contributed by atoms with Crippen molar-refractivity contribution in [1.29, 1.82) is 0 Å². The Kier molecular flexibility index (Phi) is 2.24. The van der Waals surface area contributed by atoms with Crippen LogP contribution in [0.15, 0.2) is 10.8 Å². The third kappa shape index (κ3) is 1.83. The van der Waals surface area contributed by atoms with E-state index in [0.717, 1.165) is 18.5 Å². The predicted molar refractivity (Wildman–Crippen MR) is 32.9 cm³/mol. The summed E-state index contributed by atoms with van der Waals surface area (Å²) >= 11 is 0. The van der Waals surface area contributed by atoms with Crippen molar-refractivity contribution < 1.29 is 4.63 Å². The lowest BCUT2D eigenvalue weighted by atomic mass is 10.2. The van der Waals surface area contributed by atoms with Gasteiger partial charge in [0.1, 0.15) is 5.69 Å². The number of aryl methyl sites for hydroxylation is 1. The van der Waals surface area contributed by atoms with Crippen molar-refractivity contribution in [2.45, 2.75) is 26.2 Å². The van der Waals surface area contributed by atoms with E-state index >= 15 is 0 Å². The van der Waals surface area contributed by atoms with Crippen LogP contribution in [-0.4, -0.2) is 10.3 Å². The van der Waals surface area contributed by atoms with Crippen LogP contribution in [0.4, 0.5) is 0 Å². The molecular formula is C6H10N2O. The molecule has 0 N–H and O–H groups in total. The van der Waals surface area contributed by atoms with Crippen LogP contribution in [-0.2, 0) is 6.42 Å². The molecule has 0 aliphatic rings. The second kappa shape index (κ2) is 3.22. The van der Waals surface area contributed by atoms with E-state index in [1.54, 1.807) is 6.20 Å². The Hall–Kier alpha value is -0.860. The topological polar surface area (TPSA) is 38.9 Å². The highest BCUT2D eigenvalue weighted by molar-refractivity contribution is 4.88. The molecule has 3 heteroatoms. The molecule has 0 aliphatic carbocycles. The maximum atomic E-state index is 4.41. The number of hydrogen-bond acceptors (Lipinski definition) is 3. The van der Waals surface area contributed by atoms with Crippen molar-refractivity contribution in [2.75, 3.05) is 0 Å². The molecule has 1 heterocycles. The van der Waals surface area contributed by atoms with E-state index in [4.69, 9.17) is 0 Å². The van der Waals surface area contributed by atoms with Gasteiger partial charge in [0, 0.05) is 0 Å². The zero-order chi connectivity index (χ0) is 6.53. The lowest BCUT2D eigenvalue weighted by Crippen LogP contribution is -1.82. The van der Waals surface area contributed by atoms with Gasteiger partial charge in [-0.15, -0.1) is 0 Å². The van der Waals surface area contributed by atoms with E-state index in [0.29, 0.717) is 0 Å². The van der Waals surface area contributed by atoms with Crippen molar-refractivity contribution in [3.05, 3.63) is 11.9 Å². The van der Waals surface area contributed by atoms with Gasteiger partial charge < -0.3 is 0 Å². The summed E-state index contributed by atoms with van der Waals surface area (Å²) in [5.74, 6) is 0. The van der Waals surface area contributed by atoms with Crippen LogP contribution in [0.1, 0.15) is 25.5 Å². The minimum Gasteiger partial charge on any atom is -0.244 e. The number of aromatic nitrogens is 2. The van der Waals surface area contributed by atoms with E-state index < -0.39 is 0 Å². The molecular weight excluding hydrogens is 116 g/mol. The maximum absolute atomic E-state index is 4.41. The first-order valence-electron chi connectivity index (χ1n) is 3.20. The molecule has 0 radical (unpaired) electrons. The largest absolute Gasteiger partial charge is 0.244 e. The smallest absolute Gasteiger partial charge is 0.105 e. The monoisotopic (exact) mass is 126 g/mol. The molecule has 0 amide bonds. The Morgan fingerprint density at radius 1 is 1.67 bits per heavy atom. The summed E-state index contributed by atoms with van der Waals surface area (Å²) in [5.41, 5.74) is 0.955. The highest BCUT2D eigenvalue weighted by Crippen LogP contribution is 1.98. The fourth-order valence-electron chi connectivity index (χ4n) is 0.652. The van der Waals surface area contributed by atoms with Crippen LogP contribution >= 0.6 is 0 Å². The lowest BCUT2D eigenvalue weighted by molar-refractivity contribution is 0.303. The summed E-state index contributed by atoms with van der Waals surface area (Å²) in [7, 11) is 0. The molecule has 0 atom stereocenters. The summed E-state index contributed by atoms with van der Waals surface area (Å²) in [6.45, 7) is 2.15. The highest BCUT2D eigenvalue weighted by atomic mass is 16.6. The molecule has 0 unspecified atom stereocenters. The highest BCUT2D eigenvalue weighted by Gasteiger charge is 1.93. The van der Waals surface area contributed by atoms with Crippen LogP contribution in [0.2, 0.25) is 0 Å². The molecule has 50 valence electrons. The SMILES string of the molecule is CCCCc1cnon1. The van der Waals surface area contributed by atoms with Crippen molar-refractivity contribution in [3.8, 4) is 0 Å². The first-order valence-corrected chi connectivity index (χ1v) is 3.20. The quantitative estimate of drug-likeness (QED) is 0.614. The molecule has 1 rings (SSSR count). The Bertz CT molecular complexity index is 148. The molecule has 0 bridgehead atoms. The van der Waals surface area contributed by atoms with Gasteiger partial charge in [0.15, 0.2) is 0 Å². The van der Waals surface area contributed by atoms with E-state index in [2.05, 4.69) is 21.9 Å². The standard InChI is InChI=1S/C6H10N2O/c1-2-3-4-6-5-7-9-8-6/h5H,2-4H2,1H3. The van der Waals surface area contributed by atoms with E-state index in [9.17, 15) is 0 Å². The molecule has 0 spiro atoms. The molecule has 0 fully saturated rings. The van der Waals surface area contributed by atoms with Crippen LogP contribution in [0.25, 0.3) is 0 Å². The Morgan fingerprint density at radius 2 is 2.56 bits per heavy atom. The van der Waals surface area contributed by atoms with Crippen molar-refractivity contribution in [1.82, 2.24) is 10.3 Å². The van der Waals surface area contributed by atoms with Gasteiger partial charge in [0.05, 0.1) is 6.20 Å². The molecule has 3 nitrogen and oxygen atoms in total. The van der Waals surface area contributed by atoms with Crippen LogP contribution in [0.5, 0.6) is 0 Å². The van der Waals surface area contributed by atoms with Gasteiger partial charge in [-0.3, -0.25) is 0 Å². The summed E-state index contributed by atoms with van der Waals surface area (Å²) in [6.07, 6.45) is 5.00. The van der Waals surface area contributed by atoms with Gasteiger partial charge in [-0.25, -0.2) is 4.63 Å². The second-order valence-corrected chi connectivity index (χ2v) is 2.00. The first-order chi connectivity index (χ1) is 4.43. The number of unbranched alkanes of at least 4 members (excludes halogenated alkanes) is 1. The van der Waals surface area contributed by atoms with Gasteiger partial charge in [-0.05, 0) is 12.8 Å². The molecule has 0 aromatic carbocycles. The average Bonchev–Trinajstić information content (AvgIpc) is 2.34. The first kappa shape index (κ1) is 6.26. The van der Waals surface area contributed by atoms with Gasteiger partial charge >= 0.3 is 0 Å². The van der Waals surface area contributed by atoms with E-state index in [1.165, 1.54) is 6.42 Å². The summed E-state index contributed by atoms with van der Waals surface area (Å²) in [4.78, 5) is 0. The molecule has 0 aliphatic heterocycles. The number of nitrogens with zero attached hydrogens (tertiary/aromatic N) is 2. The normalized spacial score (nSPS) is 9.89. The number of hydrogen-bond donors (Lipinski definition) is 0. The van der Waals surface area contributed by atoms with Crippen LogP contribution in [0, 0.1) is 0 Å². The fourth-order valence-corrected chi connectivity index (χ4v) is 0.652. The van der Waals surface area contributed by atoms with Crippen molar-refractivity contribution >= 4 is 0 Å². The average molecular weight is 126 g/mol. The molecule has 1 aromatic rings. The molecule has 9 heavy (non-hydrogen) atoms. The third-order valence-electron chi connectivity index (χ3n) is 1.19. The minimum atomic E-state index is 0.955. The van der Waals surface area contributed by atoms with Crippen LogP contribution in [0.3, 0.4) is 0 Å². The minimum absolute atomic E-state index is 0.955. The zero-order valence-corrected chi connectivity index (χ0v) is 5.50. The maximum Gasteiger partial charge on any atom is 0.105 e. The third-order valence-corrected chi connectivity index (χ3v) is 1.19. The summed E-state index contributed by atoms with van der Waals surface area (Å²) in [6, 6.07) is 0. The van der Waals surface area contributed by atoms with Gasteiger partial charge in [-0.1, -0.05) is 23.7 Å². The van der Waals surface area contributed by atoms with Gasteiger partial charge in [0.25, 0.3) is 0 Å². The van der Waals surface area contributed by atoms with E-state index in [1.807, 2.05) is 0 Å². The summed E-state index contributed by atoms with van der Waals surface area (Å²) in [5, 5.41) is 7.16. The predicted octanol–water partition coefficient (Wildman–Crippen LogP) is 1.41. The Labute approximate surface area is 54.0 Å². The van der Waals surface area contributed by atoms with Gasteiger partial charge in [-0.2, -0.15) is 0 Å². The number of rotatable bonds is 3. The van der Waals surface area contributed by atoms with Crippen molar-refractivity contribution in [3.63, 3.8) is 0 Å². The lowest BCUT2D eigenvalue weighted by Gasteiger charge is -1.86. The Balaban J connectivity index is 2.30. The molecule has 1 aromatic heterocycles. The zero-order valence-electron chi connectivity index (χ0n) is 5.50. The summed E-state index contributed by atoms with van der Waals surface area (Å²) < 4.78 is 4.41. The Morgan fingerprint density at radius 3 is 3.11 bits per heavy atom. The van der Waals surface area contributed by atoms with E-state index in [-0.39, 0.29) is 0 Å². The van der Waals surface area contributed by atoms with Crippen LogP contribution < -0.4 is 0 Å². The molecule has 0 saturated carbocycles. The fraction of sp³-hybridized carbons (Fsp3) is 0.667. The van der Waals surface area contributed by atoms with Crippen molar-refractivity contribution in [2.24, 2.45) is 0 Å². The molecule has 0 saturated heterocycles. The second-order valence-electron chi connectivity index (χ2n) is 2.00.